The Morgan fingerprint density at radius 3 is 2.80 bits per heavy atom. The smallest absolute Gasteiger partial charge is 0.0386 e. The third-order valence-corrected chi connectivity index (χ3v) is 4.60. The second kappa shape index (κ2) is 5.13. The molecule has 0 aromatic carbocycles. The molecule has 2 rings (SSSR count). The van der Waals surface area contributed by atoms with Crippen LogP contribution in [0, 0.1) is 12.8 Å². The fourth-order valence-electron chi connectivity index (χ4n) is 2.07. The highest BCUT2D eigenvalue weighted by atomic mass is 32.1. The standard InChI is InChI=1S/C13H21NS/c1-10-6-7-13(15-10)11(2)14-9-8-12-4-3-5-12/h6-7,11-12,14H,3-5,8-9H2,1-2H3. The molecule has 1 unspecified atom stereocenters. The van der Waals surface area contributed by atoms with Crippen molar-refractivity contribution in [3.05, 3.63) is 21.9 Å². The number of aryl methyl sites for hydroxylation is 1. The lowest BCUT2D eigenvalue weighted by atomic mass is 9.83. The summed E-state index contributed by atoms with van der Waals surface area (Å²) >= 11 is 1.91. The van der Waals surface area contributed by atoms with Crippen molar-refractivity contribution in [2.45, 2.75) is 45.6 Å². The van der Waals surface area contributed by atoms with Crippen molar-refractivity contribution in [1.82, 2.24) is 5.32 Å². The van der Waals surface area contributed by atoms with Crippen molar-refractivity contribution < 1.29 is 0 Å². The molecule has 1 heterocycles. The van der Waals surface area contributed by atoms with Crippen LogP contribution in [0.25, 0.3) is 0 Å². The van der Waals surface area contributed by atoms with Gasteiger partial charge in [-0.25, -0.2) is 0 Å². The first-order chi connectivity index (χ1) is 7.25. The Balaban J connectivity index is 1.69. The molecule has 0 amide bonds. The molecule has 1 atom stereocenters. The topological polar surface area (TPSA) is 12.0 Å². The first-order valence-corrected chi connectivity index (χ1v) is 6.87. The lowest BCUT2D eigenvalue weighted by molar-refractivity contribution is 0.289. The number of nitrogens with one attached hydrogen (secondary N) is 1. The van der Waals surface area contributed by atoms with E-state index in [1.165, 1.54) is 42.0 Å². The van der Waals surface area contributed by atoms with Gasteiger partial charge in [-0.2, -0.15) is 0 Å². The molecule has 84 valence electrons. The summed E-state index contributed by atoms with van der Waals surface area (Å²) < 4.78 is 0. The van der Waals surface area contributed by atoms with Crippen molar-refractivity contribution in [2.24, 2.45) is 5.92 Å². The Morgan fingerprint density at radius 1 is 1.47 bits per heavy atom. The van der Waals surface area contributed by atoms with E-state index in [0.717, 1.165) is 5.92 Å². The van der Waals surface area contributed by atoms with E-state index in [4.69, 9.17) is 0 Å². The number of hydrogen-bond donors (Lipinski definition) is 1. The van der Waals surface area contributed by atoms with E-state index >= 15 is 0 Å². The van der Waals surface area contributed by atoms with Crippen LogP contribution in [0.15, 0.2) is 12.1 Å². The summed E-state index contributed by atoms with van der Waals surface area (Å²) in [6.45, 7) is 5.63. The minimum absolute atomic E-state index is 0.531. The number of thiophene rings is 1. The van der Waals surface area contributed by atoms with Crippen LogP contribution < -0.4 is 5.32 Å². The number of hydrogen-bond acceptors (Lipinski definition) is 2. The first kappa shape index (κ1) is 11.2. The third-order valence-electron chi connectivity index (χ3n) is 3.42. The molecule has 1 fully saturated rings. The van der Waals surface area contributed by atoms with Gasteiger partial charge >= 0.3 is 0 Å². The van der Waals surface area contributed by atoms with Gasteiger partial charge in [0.05, 0.1) is 0 Å². The molecular weight excluding hydrogens is 202 g/mol. The van der Waals surface area contributed by atoms with Crippen LogP contribution >= 0.6 is 11.3 Å². The quantitative estimate of drug-likeness (QED) is 0.798. The molecule has 1 N–H and O–H groups in total. The fourth-order valence-corrected chi connectivity index (χ4v) is 2.98. The van der Waals surface area contributed by atoms with Crippen LogP contribution in [0.1, 0.15) is 48.4 Å². The monoisotopic (exact) mass is 223 g/mol. The fraction of sp³-hybridized carbons (Fsp3) is 0.692. The SMILES string of the molecule is Cc1ccc(C(C)NCCC2CCC2)s1. The minimum Gasteiger partial charge on any atom is -0.309 e. The maximum absolute atomic E-state index is 3.62. The minimum atomic E-state index is 0.531. The summed E-state index contributed by atoms with van der Waals surface area (Å²) in [5.74, 6) is 1.02. The highest BCUT2D eigenvalue weighted by molar-refractivity contribution is 7.12. The Morgan fingerprint density at radius 2 is 2.27 bits per heavy atom. The van der Waals surface area contributed by atoms with Gasteiger partial charge in [0.1, 0.15) is 0 Å². The van der Waals surface area contributed by atoms with Crippen molar-refractivity contribution in [2.75, 3.05) is 6.54 Å². The predicted octanol–water partition coefficient (Wildman–Crippen LogP) is 3.90. The number of rotatable bonds is 5. The van der Waals surface area contributed by atoms with E-state index in [2.05, 4.69) is 31.3 Å². The molecule has 1 aliphatic rings. The van der Waals surface area contributed by atoms with Crippen LogP contribution in [0.3, 0.4) is 0 Å². The van der Waals surface area contributed by atoms with Crippen LogP contribution in [-0.2, 0) is 0 Å². The van der Waals surface area contributed by atoms with Gasteiger partial charge in [0.15, 0.2) is 0 Å². The van der Waals surface area contributed by atoms with E-state index < -0.39 is 0 Å². The molecule has 1 saturated carbocycles. The first-order valence-electron chi connectivity index (χ1n) is 6.05. The average Bonchev–Trinajstić information content (AvgIpc) is 2.56. The van der Waals surface area contributed by atoms with E-state index in [1.807, 2.05) is 11.3 Å². The van der Waals surface area contributed by atoms with Crippen molar-refractivity contribution >= 4 is 11.3 Å². The summed E-state index contributed by atoms with van der Waals surface area (Å²) in [7, 11) is 0. The summed E-state index contributed by atoms with van der Waals surface area (Å²) in [6.07, 6.45) is 5.77. The lowest BCUT2D eigenvalue weighted by Crippen LogP contribution is -2.23. The Hall–Kier alpha value is -0.340. The molecular formula is C13H21NS. The zero-order chi connectivity index (χ0) is 10.7. The van der Waals surface area contributed by atoms with Gasteiger partial charge < -0.3 is 5.32 Å². The molecule has 0 spiro atoms. The van der Waals surface area contributed by atoms with Crippen LogP contribution in [0.4, 0.5) is 0 Å². The average molecular weight is 223 g/mol. The molecule has 15 heavy (non-hydrogen) atoms. The second-order valence-electron chi connectivity index (χ2n) is 4.71. The van der Waals surface area contributed by atoms with E-state index in [9.17, 15) is 0 Å². The van der Waals surface area contributed by atoms with Gasteiger partial charge in [0.25, 0.3) is 0 Å². The van der Waals surface area contributed by atoms with E-state index in [1.54, 1.807) is 0 Å². The normalized spacial score (nSPS) is 18.8. The van der Waals surface area contributed by atoms with Gasteiger partial charge in [-0.05, 0) is 44.9 Å². The second-order valence-corrected chi connectivity index (χ2v) is 6.03. The van der Waals surface area contributed by atoms with Gasteiger partial charge in [-0.15, -0.1) is 11.3 Å². The Kier molecular flexibility index (Phi) is 3.81. The third kappa shape index (κ3) is 3.05. The maximum atomic E-state index is 3.62. The highest BCUT2D eigenvalue weighted by Crippen LogP contribution is 2.29. The molecule has 1 aromatic rings. The molecule has 1 aromatic heterocycles. The summed E-state index contributed by atoms with van der Waals surface area (Å²) in [5, 5.41) is 3.62. The molecule has 0 bridgehead atoms. The molecule has 2 heteroatoms. The summed E-state index contributed by atoms with van der Waals surface area (Å²) in [5.41, 5.74) is 0. The van der Waals surface area contributed by atoms with Crippen LogP contribution in [0.5, 0.6) is 0 Å². The summed E-state index contributed by atoms with van der Waals surface area (Å²) in [6, 6.07) is 4.99. The zero-order valence-electron chi connectivity index (χ0n) is 9.75. The maximum Gasteiger partial charge on any atom is 0.0386 e. The van der Waals surface area contributed by atoms with Crippen molar-refractivity contribution in [3.8, 4) is 0 Å². The van der Waals surface area contributed by atoms with Gasteiger partial charge in [-0.1, -0.05) is 19.3 Å². The Bertz CT molecular complexity index is 301. The van der Waals surface area contributed by atoms with Crippen LogP contribution in [0.2, 0.25) is 0 Å². The van der Waals surface area contributed by atoms with Gasteiger partial charge in [-0.3, -0.25) is 0 Å². The predicted molar refractivity (Wildman–Crippen MR) is 67.4 cm³/mol. The van der Waals surface area contributed by atoms with Gasteiger partial charge in [0.2, 0.25) is 0 Å². The molecule has 1 aliphatic carbocycles. The Labute approximate surface area is 96.9 Å². The lowest BCUT2D eigenvalue weighted by Gasteiger charge is -2.25. The molecule has 1 nitrogen and oxygen atoms in total. The zero-order valence-corrected chi connectivity index (χ0v) is 10.6. The molecule has 0 saturated heterocycles. The largest absolute Gasteiger partial charge is 0.309 e. The van der Waals surface area contributed by atoms with E-state index in [0.29, 0.717) is 6.04 Å². The summed E-state index contributed by atoms with van der Waals surface area (Å²) in [4.78, 5) is 2.89. The van der Waals surface area contributed by atoms with Crippen molar-refractivity contribution in [3.63, 3.8) is 0 Å². The van der Waals surface area contributed by atoms with Gasteiger partial charge in [0, 0.05) is 15.8 Å². The van der Waals surface area contributed by atoms with E-state index in [-0.39, 0.29) is 0 Å². The van der Waals surface area contributed by atoms with Crippen molar-refractivity contribution in [1.29, 1.82) is 0 Å². The highest BCUT2D eigenvalue weighted by Gasteiger charge is 2.17. The van der Waals surface area contributed by atoms with Crippen LogP contribution in [-0.4, -0.2) is 6.54 Å². The molecule has 0 radical (unpaired) electrons. The molecule has 0 aliphatic heterocycles.